The molecule has 4 nitrogen and oxygen atoms in total. The van der Waals surface area contributed by atoms with Gasteiger partial charge in [0.05, 0.1) is 22.1 Å². The van der Waals surface area contributed by atoms with E-state index in [2.05, 4.69) is 290 Å². The summed E-state index contributed by atoms with van der Waals surface area (Å²) in [4.78, 5) is 5.24. The van der Waals surface area contributed by atoms with Gasteiger partial charge in [0.25, 0.3) is 6.71 Å². The van der Waals surface area contributed by atoms with Crippen LogP contribution < -0.4 is 26.2 Å². The van der Waals surface area contributed by atoms with E-state index in [0.29, 0.717) is 0 Å². The molecule has 11 aromatic rings. The Balaban J connectivity index is 1.14. The van der Waals surface area contributed by atoms with Gasteiger partial charge in [-0.1, -0.05) is 186 Å². The fourth-order valence-electron chi connectivity index (χ4n) is 12.4. The Hall–Kier alpha value is -7.76. The summed E-state index contributed by atoms with van der Waals surface area (Å²) in [5, 5.41) is 5.04. The van der Waals surface area contributed by atoms with Crippen LogP contribution >= 0.6 is 0 Å². The van der Waals surface area contributed by atoms with Gasteiger partial charge in [-0.25, -0.2) is 0 Å². The summed E-state index contributed by atoms with van der Waals surface area (Å²) in [7, 11) is 0. The first kappa shape index (κ1) is 47.0. The van der Waals surface area contributed by atoms with Crippen LogP contribution in [0.3, 0.4) is 0 Å². The summed E-state index contributed by atoms with van der Waals surface area (Å²) in [5.74, 6) is 0. The largest absolute Gasteiger partial charge is 0.311 e. The number of rotatable bonds is 4. The SMILES string of the molecule is CC(C)(C)c1cc(N2c3cc(-n4c5ccccc5c5ccccc54)ccc3B3c4ccc(-n5c6ccccc6c6ccccc65)cc4N(c4cc(C(C)(C)C)cc(C(C)(C)C)c4)c4cccc2c43)cc(C(C)(C)C)c1. The highest BCUT2D eigenvalue weighted by molar-refractivity contribution is 7.00. The number of aromatic nitrogens is 2. The predicted molar refractivity (Wildman–Crippen MR) is 324 cm³/mol. The lowest BCUT2D eigenvalue weighted by molar-refractivity contribution is 0.568. The second-order valence-corrected chi connectivity index (χ2v) is 25.6. The molecule has 0 fully saturated rings. The van der Waals surface area contributed by atoms with E-state index in [9.17, 15) is 0 Å². The van der Waals surface area contributed by atoms with Gasteiger partial charge in [-0.2, -0.15) is 0 Å². The first-order valence-corrected chi connectivity index (χ1v) is 27.0. The Morgan fingerprint density at radius 2 is 0.587 bits per heavy atom. The van der Waals surface area contributed by atoms with Gasteiger partial charge in [0.2, 0.25) is 0 Å². The van der Waals surface area contributed by atoms with E-state index in [-0.39, 0.29) is 28.4 Å². The minimum absolute atomic E-state index is 0.0612. The quantitative estimate of drug-likeness (QED) is 0.163. The molecule has 0 saturated carbocycles. The number of anilines is 6. The third-order valence-corrected chi connectivity index (χ3v) is 16.5. The minimum Gasteiger partial charge on any atom is -0.311 e. The third-order valence-electron chi connectivity index (χ3n) is 16.5. The molecule has 13 rings (SSSR count). The van der Waals surface area contributed by atoms with Crippen LogP contribution in [0.1, 0.15) is 105 Å². The van der Waals surface area contributed by atoms with Crippen molar-refractivity contribution in [2.24, 2.45) is 0 Å². The first-order valence-electron chi connectivity index (χ1n) is 27.0. The molecule has 0 atom stereocenters. The number of benzene rings is 9. The van der Waals surface area contributed by atoms with Crippen LogP contribution in [0.15, 0.2) is 188 Å². The Morgan fingerprint density at radius 1 is 0.280 bits per heavy atom. The molecule has 0 bridgehead atoms. The topological polar surface area (TPSA) is 16.3 Å². The van der Waals surface area contributed by atoms with Crippen LogP contribution in [-0.4, -0.2) is 15.8 Å². The van der Waals surface area contributed by atoms with Crippen molar-refractivity contribution in [2.45, 2.75) is 105 Å². The van der Waals surface area contributed by atoms with Gasteiger partial charge < -0.3 is 18.9 Å². The van der Waals surface area contributed by atoms with Crippen molar-refractivity contribution in [1.29, 1.82) is 0 Å². The van der Waals surface area contributed by atoms with E-state index < -0.39 is 0 Å². The Labute approximate surface area is 444 Å². The second kappa shape index (κ2) is 16.4. The lowest BCUT2D eigenvalue weighted by Crippen LogP contribution is -2.61. The van der Waals surface area contributed by atoms with E-state index in [1.807, 2.05) is 0 Å². The van der Waals surface area contributed by atoms with E-state index in [1.165, 1.54) is 116 Å². The molecule has 75 heavy (non-hydrogen) atoms. The van der Waals surface area contributed by atoms with Gasteiger partial charge >= 0.3 is 0 Å². The summed E-state index contributed by atoms with van der Waals surface area (Å²) >= 11 is 0. The lowest BCUT2D eigenvalue weighted by atomic mass is 9.33. The Kier molecular flexibility index (Phi) is 10.3. The molecular weight excluding hydrogens is 908 g/mol. The molecule has 0 amide bonds. The van der Waals surface area contributed by atoms with Crippen LogP contribution in [0.5, 0.6) is 0 Å². The van der Waals surface area contributed by atoms with Crippen LogP contribution in [0.4, 0.5) is 34.1 Å². The zero-order valence-corrected chi connectivity index (χ0v) is 45.8. The van der Waals surface area contributed by atoms with E-state index in [1.54, 1.807) is 0 Å². The highest BCUT2D eigenvalue weighted by atomic mass is 15.2. The molecule has 9 aromatic carbocycles. The lowest BCUT2D eigenvalue weighted by Gasteiger charge is -2.45. The van der Waals surface area contributed by atoms with Gasteiger partial charge in [0.1, 0.15) is 0 Å². The number of nitrogens with zero attached hydrogens (tertiary/aromatic N) is 4. The standard InChI is InChI=1S/C70H67BN4/c1-67(2,3)44-36-45(68(4,5)6)39-50(38-44)74-62-30-21-31-63-66(62)71(56-34-32-48(42-64(56)74)72-58-26-17-13-22-52(58)53-23-14-18-27-59(53)72)57-35-33-49(73-60-28-19-15-24-54(60)55-25-16-20-29-61(55)73)43-65(57)75(63)51-40-46(69(7,8)9)37-47(41-51)70(10,11)12/h13-43H,1-12H3. The summed E-state index contributed by atoms with van der Waals surface area (Å²) in [5.41, 5.74) is 23.2. The predicted octanol–water partition coefficient (Wildman–Crippen LogP) is 17.2. The van der Waals surface area contributed by atoms with Crippen molar-refractivity contribution >= 4 is 101 Å². The molecule has 0 radical (unpaired) electrons. The van der Waals surface area contributed by atoms with Gasteiger partial charge in [-0.3, -0.25) is 0 Å². The fourth-order valence-corrected chi connectivity index (χ4v) is 12.4. The molecule has 0 unspecified atom stereocenters. The van der Waals surface area contributed by atoms with Crippen LogP contribution in [0.2, 0.25) is 0 Å². The summed E-state index contributed by atoms with van der Waals surface area (Å²) in [6, 6.07) is 72.1. The smallest absolute Gasteiger partial charge is 0.252 e. The van der Waals surface area contributed by atoms with Crippen molar-refractivity contribution in [1.82, 2.24) is 9.13 Å². The summed E-state index contributed by atoms with van der Waals surface area (Å²) in [6.07, 6.45) is 0. The number of fused-ring (bicyclic) bond motifs is 10. The number of hydrogen-bond acceptors (Lipinski definition) is 2. The van der Waals surface area contributed by atoms with Gasteiger partial charge in [0, 0.05) is 67.0 Å². The van der Waals surface area contributed by atoms with E-state index in [4.69, 9.17) is 0 Å². The molecule has 4 heterocycles. The average Bonchev–Trinajstić information content (AvgIpc) is 3.94. The minimum atomic E-state index is -0.0786. The van der Waals surface area contributed by atoms with Crippen molar-refractivity contribution in [3.05, 3.63) is 210 Å². The molecule has 2 aliphatic heterocycles. The summed E-state index contributed by atoms with van der Waals surface area (Å²) < 4.78 is 4.95. The number of hydrogen-bond donors (Lipinski definition) is 0. The highest BCUT2D eigenvalue weighted by Gasteiger charge is 2.44. The normalized spacial score (nSPS) is 13.8. The molecule has 0 spiro atoms. The Morgan fingerprint density at radius 3 is 0.893 bits per heavy atom. The monoisotopic (exact) mass is 975 g/mol. The van der Waals surface area contributed by atoms with Crippen molar-refractivity contribution in [3.63, 3.8) is 0 Å². The maximum absolute atomic E-state index is 2.62. The van der Waals surface area contributed by atoms with Crippen LogP contribution in [0, 0.1) is 0 Å². The maximum Gasteiger partial charge on any atom is 0.252 e. The zero-order chi connectivity index (χ0) is 52.1. The maximum atomic E-state index is 2.62. The van der Waals surface area contributed by atoms with Gasteiger partial charge in [-0.05, 0) is 145 Å². The molecule has 2 aliphatic rings. The highest BCUT2D eigenvalue weighted by Crippen LogP contribution is 2.48. The van der Waals surface area contributed by atoms with Crippen LogP contribution in [0.25, 0.3) is 55.0 Å². The van der Waals surface area contributed by atoms with Gasteiger partial charge in [-0.15, -0.1) is 0 Å². The molecule has 5 heteroatoms. The number of para-hydroxylation sites is 4. The Bertz CT molecular complexity index is 3700. The molecule has 370 valence electrons. The fraction of sp³-hybridized carbons (Fsp3) is 0.229. The third kappa shape index (κ3) is 7.40. The van der Waals surface area contributed by atoms with Crippen molar-refractivity contribution < 1.29 is 0 Å². The van der Waals surface area contributed by atoms with E-state index >= 15 is 0 Å². The molecule has 2 aromatic heterocycles. The second-order valence-electron chi connectivity index (χ2n) is 25.6. The van der Waals surface area contributed by atoms with E-state index in [0.717, 1.165) is 11.4 Å². The zero-order valence-electron chi connectivity index (χ0n) is 45.8. The summed E-state index contributed by atoms with van der Waals surface area (Å²) in [6.45, 7) is 28.1. The van der Waals surface area contributed by atoms with Crippen molar-refractivity contribution in [3.8, 4) is 11.4 Å². The van der Waals surface area contributed by atoms with Gasteiger partial charge in [0.15, 0.2) is 0 Å². The average molecular weight is 975 g/mol. The van der Waals surface area contributed by atoms with Crippen LogP contribution in [-0.2, 0) is 21.7 Å². The molecular formula is C70H67BN4. The molecule has 0 saturated heterocycles. The molecule has 0 aliphatic carbocycles. The first-order chi connectivity index (χ1) is 35.7. The molecule has 0 N–H and O–H groups in total. The van der Waals surface area contributed by atoms with Crippen molar-refractivity contribution in [2.75, 3.05) is 9.80 Å².